The van der Waals surface area contributed by atoms with E-state index in [2.05, 4.69) is 9.97 Å². The number of rotatable bonds is 6. The lowest BCUT2D eigenvalue weighted by atomic mass is 10.1. The van der Waals surface area contributed by atoms with E-state index in [1.165, 1.54) is 13.2 Å². The van der Waals surface area contributed by atoms with Gasteiger partial charge in [-0.1, -0.05) is 18.2 Å². The van der Waals surface area contributed by atoms with Gasteiger partial charge in [-0.25, -0.2) is 9.78 Å². The maximum absolute atomic E-state index is 12.9. The summed E-state index contributed by atoms with van der Waals surface area (Å²) in [7, 11) is 0. The number of esters is 1. The minimum Gasteiger partial charge on any atom is -0.463 e. The minimum atomic E-state index is -0.646. The third kappa shape index (κ3) is 3.77. The molecule has 0 aliphatic carbocycles. The van der Waals surface area contributed by atoms with Crippen LogP contribution in [0.15, 0.2) is 53.1 Å². The third-order valence-electron chi connectivity index (χ3n) is 5.11. The highest BCUT2D eigenvalue weighted by molar-refractivity contribution is 6.07. The van der Waals surface area contributed by atoms with Crippen LogP contribution in [0.1, 0.15) is 49.4 Å². The van der Waals surface area contributed by atoms with E-state index in [1.54, 1.807) is 50.2 Å². The molecule has 3 aromatic heterocycles. The molecule has 0 atom stereocenters. The summed E-state index contributed by atoms with van der Waals surface area (Å²) in [5.41, 5.74) is 3.31. The molecule has 31 heavy (non-hydrogen) atoms. The summed E-state index contributed by atoms with van der Waals surface area (Å²) in [4.78, 5) is 44.8. The zero-order valence-corrected chi connectivity index (χ0v) is 17.3. The van der Waals surface area contributed by atoms with Crippen molar-refractivity contribution in [3.63, 3.8) is 0 Å². The molecule has 3 heterocycles. The highest BCUT2D eigenvalue weighted by Crippen LogP contribution is 2.26. The molecule has 0 spiro atoms. The lowest BCUT2D eigenvalue weighted by molar-refractivity contribution is 0.0475. The van der Waals surface area contributed by atoms with Crippen molar-refractivity contribution in [3.8, 4) is 11.5 Å². The summed E-state index contributed by atoms with van der Waals surface area (Å²) in [6.45, 7) is 4.42. The molecule has 7 heteroatoms. The third-order valence-corrected chi connectivity index (χ3v) is 5.11. The number of carbonyl (C=O) groups excluding carboxylic acids is 3. The molecule has 4 rings (SSSR count). The largest absolute Gasteiger partial charge is 0.463 e. The van der Waals surface area contributed by atoms with Crippen LogP contribution in [-0.4, -0.2) is 34.1 Å². The summed E-state index contributed by atoms with van der Waals surface area (Å²) in [6, 6.07) is 12.3. The maximum Gasteiger partial charge on any atom is 0.339 e. The quantitative estimate of drug-likeness (QED) is 0.362. The molecule has 0 fully saturated rings. The van der Waals surface area contributed by atoms with Crippen molar-refractivity contribution >= 4 is 28.4 Å². The van der Waals surface area contributed by atoms with Crippen molar-refractivity contribution in [2.75, 3.05) is 6.61 Å². The number of para-hydroxylation sites is 1. The van der Waals surface area contributed by atoms with Crippen LogP contribution in [0.5, 0.6) is 0 Å². The van der Waals surface area contributed by atoms with Crippen LogP contribution in [0.2, 0.25) is 0 Å². The number of furan rings is 1. The molecule has 156 valence electrons. The number of H-pyrrole nitrogens is 1. The van der Waals surface area contributed by atoms with Crippen molar-refractivity contribution in [2.24, 2.45) is 0 Å². The van der Waals surface area contributed by atoms with E-state index >= 15 is 0 Å². The Labute approximate surface area is 178 Å². The zero-order valence-electron chi connectivity index (χ0n) is 17.3. The summed E-state index contributed by atoms with van der Waals surface area (Å²) in [5.74, 6) is -0.667. The first kappa shape index (κ1) is 20.3. The molecule has 7 nitrogen and oxygen atoms in total. The van der Waals surface area contributed by atoms with E-state index < -0.39 is 18.4 Å². The van der Waals surface area contributed by atoms with Gasteiger partial charge in [0.25, 0.3) is 0 Å². The van der Waals surface area contributed by atoms with Crippen molar-refractivity contribution in [2.45, 2.75) is 20.8 Å². The molecule has 0 aliphatic heterocycles. The molecule has 0 bridgehead atoms. The van der Waals surface area contributed by atoms with Crippen molar-refractivity contribution in [1.29, 1.82) is 0 Å². The van der Waals surface area contributed by atoms with Gasteiger partial charge in [0.15, 0.2) is 18.2 Å². The monoisotopic (exact) mass is 416 g/mol. The van der Waals surface area contributed by atoms with Crippen molar-refractivity contribution < 1.29 is 23.5 Å². The number of carbonyl (C=O) groups is 3. The van der Waals surface area contributed by atoms with E-state index in [4.69, 9.17) is 9.15 Å². The fourth-order valence-corrected chi connectivity index (χ4v) is 3.73. The molecule has 4 aromatic rings. The number of nitrogens with zero attached hydrogens (tertiary/aromatic N) is 1. The number of hydrogen-bond acceptors (Lipinski definition) is 6. The smallest absolute Gasteiger partial charge is 0.339 e. The van der Waals surface area contributed by atoms with Gasteiger partial charge in [0.1, 0.15) is 5.69 Å². The number of fused-ring (bicyclic) bond motifs is 1. The first-order chi connectivity index (χ1) is 14.9. The lowest BCUT2D eigenvalue weighted by Crippen LogP contribution is -2.16. The molecule has 0 radical (unpaired) electrons. The number of hydrogen-bond donors (Lipinski definition) is 1. The molecular formula is C24H20N2O5. The number of ketones is 2. The van der Waals surface area contributed by atoms with E-state index in [-0.39, 0.29) is 17.0 Å². The Morgan fingerprint density at radius 1 is 1.10 bits per heavy atom. The second kappa shape index (κ2) is 8.02. The number of aromatic amines is 1. The van der Waals surface area contributed by atoms with Gasteiger partial charge in [0, 0.05) is 16.6 Å². The molecule has 0 aliphatic rings. The first-order valence-electron chi connectivity index (χ1n) is 9.71. The fraction of sp³-hybridized carbons (Fsp3) is 0.167. The van der Waals surface area contributed by atoms with Gasteiger partial charge in [-0.2, -0.15) is 0 Å². The summed E-state index contributed by atoms with van der Waals surface area (Å²) < 4.78 is 10.7. The number of pyridine rings is 1. The standard InChI is InChI=1S/C24H20N2O5/c1-13-22(15(3)27)14(2)25-23(13)20(28)12-31-24(29)17-11-19(21-9-6-10-30-21)26-18-8-5-4-7-16(17)18/h4-11,25H,12H2,1-3H3. The molecule has 1 aromatic carbocycles. The number of nitrogens with one attached hydrogen (secondary N) is 1. The van der Waals surface area contributed by atoms with Gasteiger partial charge in [0.2, 0.25) is 5.78 Å². The molecule has 0 amide bonds. The Morgan fingerprint density at radius 3 is 2.55 bits per heavy atom. The van der Waals surface area contributed by atoms with E-state index in [9.17, 15) is 14.4 Å². The molecule has 0 unspecified atom stereocenters. The van der Waals surface area contributed by atoms with Gasteiger partial charge in [-0.05, 0) is 50.6 Å². The Bertz CT molecular complexity index is 1320. The second-order valence-electron chi connectivity index (χ2n) is 7.23. The Morgan fingerprint density at radius 2 is 1.87 bits per heavy atom. The van der Waals surface area contributed by atoms with Crippen LogP contribution in [0.25, 0.3) is 22.4 Å². The van der Waals surface area contributed by atoms with Gasteiger partial charge in [-0.3, -0.25) is 9.59 Å². The van der Waals surface area contributed by atoms with E-state index in [1.807, 2.05) is 6.07 Å². The molecular weight excluding hydrogens is 396 g/mol. The van der Waals surface area contributed by atoms with Crippen molar-refractivity contribution in [1.82, 2.24) is 9.97 Å². The average molecular weight is 416 g/mol. The summed E-state index contributed by atoms with van der Waals surface area (Å²) >= 11 is 0. The number of Topliss-reactive ketones (excluding diaryl/α,β-unsaturated/α-hetero) is 2. The Kier molecular flexibility index (Phi) is 5.25. The lowest BCUT2D eigenvalue weighted by Gasteiger charge is -2.09. The van der Waals surface area contributed by atoms with Crippen molar-refractivity contribution in [3.05, 3.63) is 76.8 Å². The topological polar surface area (TPSA) is 102 Å². The van der Waals surface area contributed by atoms with Gasteiger partial charge < -0.3 is 14.1 Å². The normalized spacial score (nSPS) is 10.9. The van der Waals surface area contributed by atoms with Crippen LogP contribution < -0.4 is 0 Å². The van der Waals surface area contributed by atoms with Gasteiger partial charge in [-0.15, -0.1) is 0 Å². The van der Waals surface area contributed by atoms with E-state index in [0.29, 0.717) is 39.2 Å². The molecule has 0 saturated carbocycles. The molecule has 1 N–H and O–H groups in total. The Hall–Kier alpha value is -4.00. The number of aryl methyl sites for hydroxylation is 1. The first-order valence-corrected chi connectivity index (χ1v) is 9.71. The van der Waals surface area contributed by atoms with Crippen LogP contribution >= 0.6 is 0 Å². The van der Waals surface area contributed by atoms with E-state index in [0.717, 1.165) is 0 Å². The Balaban J connectivity index is 1.61. The van der Waals surface area contributed by atoms with Crippen LogP contribution in [-0.2, 0) is 4.74 Å². The summed E-state index contributed by atoms with van der Waals surface area (Å²) in [6.07, 6.45) is 1.53. The second-order valence-corrected chi connectivity index (χ2v) is 7.23. The highest BCUT2D eigenvalue weighted by Gasteiger charge is 2.22. The predicted molar refractivity (Wildman–Crippen MR) is 114 cm³/mol. The fourth-order valence-electron chi connectivity index (χ4n) is 3.73. The zero-order chi connectivity index (χ0) is 22.1. The summed E-state index contributed by atoms with van der Waals surface area (Å²) in [5, 5.41) is 0.612. The highest BCUT2D eigenvalue weighted by atomic mass is 16.5. The SMILES string of the molecule is CC(=O)c1c(C)[nH]c(C(=O)COC(=O)c2cc(-c3ccco3)nc3ccccc23)c1C. The number of ether oxygens (including phenoxy) is 1. The van der Waals surface area contributed by atoms with Crippen LogP contribution in [0, 0.1) is 13.8 Å². The number of aromatic nitrogens is 2. The van der Waals surface area contributed by atoms with Crippen LogP contribution in [0.4, 0.5) is 0 Å². The number of benzene rings is 1. The predicted octanol–water partition coefficient (Wildman–Crippen LogP) is 4.68. The van der Waals surface area contributed by atoms with Gasteiger partial charge in [0.05, 0.1) is 23.0 Å². The maximum atomic E-state index is 12.9. The molecule has 0 saturated heterocycles. The average Bonchev–Trinajstić information content (AvgIpc) is 3.39. The van der Waals surface area contributed by atoms with Gasteiger partial charge >= 0.3 is 5.97 Å². The van der Waals surface area contributed by atoms with Crippen LogP contribution in [0.3, 0.4) is 0 Å². The minimum absolute atomic E-state index is 0.129.